The minimum atomic E-state index is -0.299. The van der Waals surface area contributed by atoms with Crippen LogP contribution in [-0.4, -0.2) is 27.2 Å². The van der Waals surface area contributed by atoms with Crippen molar-refractivity contribution >= 4 is 5.91 Å². The number of ether oxygens (including phenoxy) is 3. The van der Waals surface area contributed by atoms with Crippen LogP contribution in [0.15, 0.2) is 36.4 Å². The lowest BCUT2D eigenvalue weighted by Crippen LogP contribution is -2.26. The summed E-state index contributed by atoms with van der Waals surface area (Å²) >= 11 is 0. The maximum atomic E-state index is 12.4. The predicted molar refractivity (Wildman–Crippen MR) is 93.1 cm³/mol. The summed E-state index contributed by atoms with van der Waals surface area (Å²) in [4.78, 5) is 12.4. The van der Waals surface area contributed by atoms with Crippen molar-refractivity contribution in [3.63, 3.8) is 0 Å². The predicted octanol–water partition coefficient (Wildman–Crippen LogP) is 3.08. The lowest BCUT2D eigenvalue weighted by Gasteiger charge is -2.19. The number of hydrogen-bond acceptors (Lipinski definition) is 5. The molecule has 0 aliphatic carbocycles. The molecule has 0 fully saturated rings. The lowest BCUT2D eigenvalue weighted by atomic mass is 10.1. The summed E-state index contributed by atoms with van der Waals surface area (Å²) in [5, 5.41) is 11.9. The third-order valence-corrected chi connectivity index (χ3v) is 3.79. The summed E-state index contributed by atoms with van der Waals surface area (Å²) in [6.07, 6.45) is 0. The van der Waals surface area contributed by atoms with Crippen LogP contribution < -0.4 is 19.5 Å². The Morgan fingerprint density at radius 3 is 2.24 bits per heavy atom. The highest BCUT2D eigenvalue weighted by atomic mass is 16.5. The monoisotopic (exact) mass is 340 g/mol. The summed E-state index contributed by atoms with van der Waals surface area (Å²) in [5.41, 5.74) is 1.67. The van der Waals surface area contributed by atoms with E-state index in [4.69, 9.17) is 19.5 Å². The normalized spacial score (nSPS) is 11.2. The first kappa shape index (κ1) is 18.1. The Morgan fingerprint density at radius 2 is 1.72 bits per heavy atom. The first-order chi connectivity index (χ1) is 12.0. The zero-order valence-electron chi connectivity index (χ0n) is 14.6. The van der Waals surface area contributed by atoms with Crippen LogP contribution in [0, 0.1) is 11.3 Å². The Kier molecular flexibility index (Phi) is 5.85. The Balaban J connectivity index is 2.27. The highest BCUT2D eigenvalue weighted by Crippen LogP contribution is 2.39. The van der Waals surface area contributed by atoms with Crippen LogP contribution in [-0.2, 0) is 0 Å². The fraction of sp³-hybridized carbons (Fsp3) is 0.263. The average molecular weight is 340 g/mol. The minimum Gasteiger partial charge on any atom is -0.493 e. The fourth-order valence-corrected chi connectivity index (χ4v) is 2.44. The maximum Gasteiger partial charge on any atom is 0.251 e. The van der Waals surface area contributed by atoms with E-state index in [2.05, 4.69) is 5.32 Å². The van der Waals surface area contributed by atoms with Crippen molar-refractivity contribution in [3.8, 4) is 23.3 Å². The first-order valence-corrected chi connectivity index (χ1v) is 7.65. The Morgan fingerprint density at radius 1 is 1.08 bits per heavy atom. The molecule has 1 atom stereocenters. The number of carbonyl (C=O) groups is 1. The van der Waals surface area contributed by atoms with Gasteiger partial charge in [0.15, 0.2) is 11.5 Å². The Labute approximate surface area is 146 Å². The smallest absolute Gasteiger partial charge is 0.251 e. The molecule has 0 saturated carbocycles. The van der Waals surface area contributed by atoms with Crippen LogP contribution in [0.5, 0.6) is 17.2 Å². The molecule has 130 valence electrons. The number of amides is 1. The molecular weight excluding hydrogens is 320 g/mol. The van der Waals surface area contributed by atoms with Crippen LogP contribution in [0.4, 0.5) is 0 Å². The highest BCUT2D eigenvalue weighted by molar-refractivity contribution is 5.94. The molecule has 0 aromatic heterocycles. The molecule has 6 heteroatoms. The number of rotatable bonds is 6. The van der Waals surface area contributed by atoms with Crippen LogP contribution in [0.2, 0.25) is 0 Å². The second-order valence-corrected chi connectivity index (χ2v) is 5.35. The molecule has 2 aromatic rings. The molecule has 25 heavy (non-hydrogen) atoms. The molecule has 1 unspecified atom stereocenters. The van der Waals surface area contributed by atoms with Gasteiger partial charge < -0.3 is 19.5 Å². The van der Waals surface area contributed by atoms with Gasteiger partial charge in [0, 0.05) is 5.56 Å². The number of nitrogens with one attached hydrogen (secondary N) is 1. The van der Waals surface area contributed by atoms with Crippen molar-refractivity contribution in [2.24, 2.45) is 0 Å². The van der Waals surface area contributed by atoms with Crippen LogP contribution >= 0.6 is 0 Å². The molecule has 0 bridgehead atoms. The molecule has 0 saturated heterocycles. The minimum absolute atomic E-state index is 0.265. The van der Waals surface area contributed by atoms with Gasteiger partial charge in [-0.2, -0.15) is 5.26 Å². The van der Waals surface area contributed by atoms with E-state index in [1.807, 2.05) is 13.0 Å². The Bertz CT molecular complexity index is 786. The van der Waals surface area contributed by atoms with Crippen LogP contribution in [0.25, 0.3) is 0 Å². The topological polar surface area (TPSA) is 80.6 Å². The van der Waals surface area contributed by atoms with Crippen LogP contribution in [0.1, 0.15) is 34.5 Å². The summed E-state index contributed by atoms with van der Waals surface area (Å²) in [5.74, 6) is 1.27. The van der Waals surface area contributed by atoms with E-state index in [0.29, 0.717) is 28.4 Å². The first-order valence-electron chi connectivity index (χ1n) is 7.65. The van der Waals surface area contributed by atoms with Gasteiger partial charge in [-0.1, -0.05) is 6.07 Å². The van der Waals surface area contributed by atoms with Crippen molar-refractivity contribution in [3.05, 3.63) is 53.1 Å². The van der Waals surface area contributed by atoms with Gasteiger partial charge in [0.05, 0.1) is 39.0 Å². The zero-order valence-corrected chi connectivity index (χ0v) is 14.6. The van der Waals surface area contributed by atoms with Gasteiger partial charge in [-0.15, -0.1) is 0 Å². The summed E-state index contributed by atoms with van der Waals surface area (Å²) in [6.45, 7) is 1.85. The lowest BCUT2D eigenvalue weighted by molar-refractivity contribution is 0.0939. The van der Waals surface area contributed by atoms with E-state index >= 15 is 0 Å². The fourth-order valence-electron chi connectivity index (χ4n) is 2.44. The third-order valence-electron chi connectivity index (χ3n) is 3.79. The maximum absolute atomic E-state index is 12.4. The van der Waals surface area contributed by atoms with Gasteiger partial charge >= 0.3 is 0 Å². The van der Waals surface area contributed by atoms with E-state index in [1.54, 1.807) is 36.4 Å². The van der Waals surface area contributed by atoms with Gasteiger partial charge in [-0.3, -0.25) is 4.79 Å². The second-order valence-electron chi connectivity index (χ2n) is 5.35. The number of methoxy groups -OCH3 is 3. The van der Waals surface area contributed by atoms with Crippen molar-refractivity contribution in [1.82, 2.24) is 5.32 Å². The van der Waals surface area contributed by atoms with E-state index in [1.165, 1.54) is 21.3 Å². The number of hydrogen-bond donors (Lipinski definition) is 1. The Hall–Kier alpha value is -3.20. The van der Waals surface area contributed by atoms with Gasteiger partial charge in [0.25, 0.3) is 5.91 Å². The van der Waals surface area contributed by atoms with E-state index < -0.39 is 0 Å². The van der Waals surface area contributed by atoms with E-state index in [9.17, 15) is 4.79 Å². The molecule has 1 amide bonds. The molecule has 0 radical (unpaired) electrons. The van der Waals surface area contributed by atoms with Gasteiger partial charge in [-0.25, -0.2) is 0 Å². The molecule has 6 nitrogen and oxygen atoms in total. The molecular formula is C19H20N2O4. The molecule has 0 spiro atoms. The van der Waals surface area contributed by atoms with E-state index in [0.717, 1.165) is 5.56 Å². The molecule has 2 rings (SSSR count). The third kappa shape index (κ3) is 4.01. The van der Waals surface area contributed by atoms with Crippen LogP contribution in [0.3, 0.4) is 0 Å². The van der Waals surface area contributed by atoms with Crippen molar-refractivity contribution in [1.29, 1.82) is 5.26 Å². The number of carbonyl (C=O) groups excluding carboxylic acids is 1. The highest BCUT2D eigenvalue weighted by Gasteiger charge is 2.18. The summed E-state index contributed by atoms with van der Waals surface area (Å²) in [6, 6.07) is 11.9. The van der Waals surface area contributed by atoms with E-state index in [-0.39, 0.29) is 11.9 Å². The van der Waals surface area contributed by atoms with Crippen molar-refractivity contribution in [2.75, 3.05) is 21.3 Å². The summed E-state index contributed by atoms with van der Waals surface area (Å²) < 4.78 is 16.0. The van der Waals surface area contributed by atoms with Gasteiger partial charge in [-0.05, 0) is 42.8 Å². The number of nitrogens with zero attached hydrogens (tertiary/aromatic N) is 1. The molecule has 0 aliphatic rings. The SMILES string of the molecule is COc1cc(C(C)NC(=O)c2cccc(C#N)c2)cc(OC)c1OC. The van der Waals surface area contributed by atoms with Gasteiger partial charge in [0.2, 0.25) is 5.75 Å². The standard InChI is InChI=1S/C19H20N2O4/c1-12(21-19(22)14-7-5-6-13(8-14)11-20)15-9-16(23-2)18(25-4)17(10-15)24-3/h5-10,12H,1-4H3,(H,21,22). The average Bonchev–Trinajstić information content (AvgIpc) is 2.66. The number of benzene rings is 2. The molecule has 1 N–H and O–H groups in total. The largest absolute Gasteiger partial charge is 0.493 e. The summed E-state index contributed by atoms with van der Waals surface area (Å²) in [7, 11) is 4.61. The molecule has 0 aliphatic heterocycles. The molecule has 0 heterocycles. The van der Waals surface area contributed by atoms with Crippen molar-refractivity contribution in [2.45, 2.75) is 13.0 Å². The van der Waals surface area contributed by atoms with Gasteiger partial charge in [0.1, 0.15) is 0 Å². The zero-order chi connectivity index (χ0) is 18.4. The number of nitriles is 1. The quantitative estimate of drug-likeness (QED) is 0.874. The second kappa shape index (κ2) is 8.06. The van der Waals surface area contributed by atoms with Crippen molar-refractivity contribution < 1.29 is 19.0 Å². The molecule has 2 aromatic carbocycles.